The monoisotopic (exact) mass is 389 g/mol. The number of benzene rings is 1. The molecule has 1 saturated heterocycles. The van der Waals surface area contributed by atoms with Gasteiger partial charge in [-0.1, -0.05) is 6.92 Å². The lowest BCUT2D eigenvalue weighted by Gasteiger charge is -2.34. The first-order chi connectivity index (χ1) is 9.52. The molecule has 108 valence electrons. The zero-order valence-corrected chi connectivity index (χ0v) is 13.4. The highest BCUT2D eigenvalue weighted by Crippen LogP contribution is 2.21. The second-order valence-corrected chi connectivity index (χ2v) is 5.81. The highest BCUT2D eigenvalue weighted by molar-refractivity contribution is 14.1. The molecule has 7 heteroatoms. The van der Waals surface area contributed by atoms with Gasteiger partial charge in [0.1, 0.15) is 0 Å². The number of carbonyl (C=O) groups is 1. The van der Waals surface area contributed by atoms with Crippen molar-refractivity contribution >= 4 is 34.2 Å². The lowest BCUT2D eigenvalue weighted by atomic mass is 10.1. The Hall–Kier alpha value is -1.22. The first-order valence-electron chi connectivity index (χ1n) is 6.48. The Labute approximate surface area is 131 Å². The summed E-state index contributed by atoms with van der Waals surface area (Å²) in [5, 5.41) is 10.8. The molecule has 0 saturated carbocycles. The summed E-state index contributed by atoms with van der Waals surface area (Å²) in [5.41, 5.74) is 0.380. The summed E-state index contributed by atoms with van der Waals surface area (Å²) in [7, 11) is 0. The summed E-state index contributed by atoms with van der Waals surface area (Å²) in [4.78, 5) is 26.9. The maximum atomic E-state index is 12.5. The van der Waals surface area contributed by atoms with E-state index in [1.54, 1.807) is 11.0 Å². The maximum Gasteiger partial charge on any atom is 0.270 e. The van der Waals surface area contributed by atoms with Gasteiger partial charge in [0, 0.05) is 41.9 Å². The second-order valence-electron chi connectivity index (χ2n) is 4.65. The van der Waals surface area contributed by atoms with Crippen LogP contribution in [0.1, 0.15) is 17.3 Å². The molecule has 0 spiro atoms. The average Bonchev–Trinajstić information content (AvgIpc) is 2.47. The van der Waals surface area contributed by atoms with Crippen molar-refractivity contribution in [3.05, 3.63) is 37.4 Å². The molecule has 1 fully saturated rings. The Bertz CT molecular complexity index is 528. The Morgan fingerprint density at radius 3 is 2.55 bits per heavy atom. The fourth-order valence-corrected chi connectivity index (χ4v) is 2.79. The Morgan fingerprint density at radius 2 is 2.00 bits per heavy atom. The molecule has 20 heavy (non-hydrogen) atoms. The van der Waals surface area contributed by atoms with Crippen LogP contribution in [0.25, 0.3) is 0 Å². The largest absolute Gasteiger partial charge is 0.336 e. The summed E-state index contributed by atoms with van der Waals surface area (Å²) in [6.45, 7) is 6.13. The number of hydrogen-bond donors (Lipinski definition) is 0. The highest BCUT2D eigenvalue weighted by atomic mass is 127. The van der Waals surface area contributed by atoms with Crippen LogP contribution < -0.4 is 0 Å². The molecule has 1 aliphatic rings. The molecule has 0 radical (unpaired) electrons. The fourth-order valence-electron chi connectivity index (χ4n) is 2.23. The van der Waals surface area contributed by atoms with Crippen LogP contribution in [0.15, 0.2) is 18.2 Å². The van der Waals surface area contributed by atoms with Gasteiger partial charge in [-0.2, -0.15) is 0 Å². The normalized spacial score (nSPS) is 16.2. The molecule has 1 heterocycles. The van der Waals surface area contributed by atoms with Crippen LogP contribution in [-0.4, -0.2) is 53.4 Å². The van der Waals surface area contributed by atoms with Gasteiger partial charge in [-0.25, -0.2) is 0 Å². The third-order valence-electron chi connectivity index (χ3n) is 3.50. The van der Waals surface area contributed by atoms with Gasteiger partial charge >= 0.3 is 0 Å². The number of nitrogens with zero attached hydrogens (tertiary/aromatic N) is 3. The number of hydrogen-bond acceptors (Lipinski definition) is 4. The number of likely N-dealkylation sites (N-methyl/N-ethyl adjacent to an activating group) is 1. The number of carbonyl (C=O) groups excluding carboxylic acids is 1. The summed E-state index contributed by atoms with van der Waals surface area (Å²) >= 11 is 2.04. The molecule has 1 aromatic rings. The Balaban J connectivity index is 2.17. The molecule has 0 atom stereocenters. The number of halogens is 1. The number of amides is 1. The minimum Gasteiger partial charge on any atom is -0.336 e. The first-order valence-corrected chi connectivity index (χ1v) is 7.56. The van der Waals surface area contributed by atoms with Crippen LogP contribution in [0.2, 0.25) is 0 Å². The molecule has 1 aliphatic heterocycles. The maximum absolute atomic E-state index is 12.5. The topological polar surface area (TPSA) is 66.7 Å². The van der Waals surface area contributed by atoms with Crippen LogP contribution >= 0.6 is 22.6 Å². The van der Waals surface area contributed by atoms with Gasteiger partial charge in [0.05, 0.1) is 10.5 Å². The Morgan fingerprint density at radius 1 is 1.35 bits per heavy atom. The van der Waals surface area contributed by atoms with Gasteiger partial charge in [-0.3, -0.25) is 14.9 Å². The van der Waals surface area contributed by atoms with E-state index >= 15 is 0 Å². The van der Waals surface area contributed by atoms with E-state index < -0.39 is 4.92 Å². The van der Waals surface area contributed by atoms with Crippen molar-refractivity contribution in [2.75, 3.05) is 32.7 Å². The van der Waals surface area contributed by atoms with Gasteiger partial charge in [0.25, 0.3) is 11.6 Å². The summed E-state index contributed by atoms with van der Waals surface area (Å²) in [6.07, 6.45) is 0. The van der Waals surface area contributed by atoms with E-state index in [0.29, 0.717) is 18.7 Å². The van der Waals surface area contributed by atoms with Crippen LogP contribution in [0.4, 0.5) is 5.69 Å². The van der Waals surface area contributed by atoms with Crippen LogP contribution in [-0.2, 0) is 0 Å². The number of rotatable bonds is 3. The zero-order chi connectivity index (χ0) is 14.7. The molecule has 6 nitrogen and oxygen atoms in total. The van der Waals surface area contributed by atoms with Crippen LogP contribution in [0, 0.1) is 13.7 Å². The molecule has 0 unspecified atom stereocenters. The summed E-state index contributed by atoms with van der Waals surface area (Å²) < 4.78 is 0.746. The van der Waals surface area contributed by atoms with E-state index in [1.807, 2.05) is 22.6 Å². The van der Waals surface area contributed by atoms with Gasteiger partial charge in [0.2, 0.25) is 0 Å². The van der Waals surface area contributed by atoms with Gasteiger partial charge < -0.3 is 9.80 Å². The lowest BCUT2D eigenvalue weighted by molar-refractivity contribution is -0.384. The van der Waals surface area contributed by atoms with Crippen molar-refractivity contribution in [1.29, 1.82) is 0 Å². The van der Waals surface area contributed by atoms with Crippen molar-refractivity contribution < 1.29 is 9.72 Å². The fraction of sp³-hybridized carbons (Fsp3) is 0.462. The molecular weight excluding hydrogens is 373 g/mol. The highest BCUT2D eigenvalue weighted by Gasteiger charge is 2.24. The average molecular weight is 389 g/mol. The third-order valence-corrected chi connectivity index (χ3v) is 4.44. The number of nitro benzene ring substituents is 1. The van der Waals surface area contributed by atoms with Crippen molar-refractivity contribution in [2.45, 2.75) is 6.92 Å². The molecule has 0 N–H and O–H groups in total. The Kier molecular flexibility index (Phi) is 4.92. The van der Waals surface area contributed by atoms with E-state index in [9.17, 15) is 14.9 Å². The minimum atomic E-state index is -0.470. The first kappa shape index (κ1) is 15.2. The summed E-state index contributed by atoms with van der Waals surface area (Å²) in [6, 6.07) is 4.41. The smallest absolute Gasteiger partial charge is 0.270 e. The quantitative estimate of drug-likeness (QED) is 0.451. The molecule has 0 bridgehead atoms. The van der Waals surface area contributed by atoms with Gasteiger partial charge in [-0.15, -0.1) is 0 Å². The third kappa shape index (κ3) is 3.26. The van der Waals surface area contributed by atoms with E-state index in [4.69, 9.17) is 0 Å². The number of piperazine rings is 1. The number of non-ortho nitro benzene ring substituents is 1. The van der Waals surface area contributed by atoms with Crippen molar-refractivity contribution in [1.82, 2.24) is 9.80 Å². The predicted molar refractivity (Wildman–Crippen MR) is 83.8 cm³/mol. The van der Waals surface area contributed by atoms with Crippen molar-refractivity contribution in [3.8, 4) is 0 Å². The summed E-state index contributed by atoms with van der Waals surface area (Å²) in [5.74, 6) is -0.117. The SMILES string of the molecule is CCN1CCN(C(=O)c2cc([N+](=O)[O-])ccc2I)CC1. The zero-order valence-electron chi connectivity index (χ0n) is 11.2. The predicted octanol–water partition coefficient (Wildman–Crippen LogP) is 1.98. The van der Waals surface area contributed by atoms with Gasteiger partial charge in [-0.05, 0) is 35.2 Å². The van der Waals surface area contributed by atoms with Gasteiger partial charge in [0.15, 0.2) is 0 Å². The van der Waals surface area contributed by atoms with Crippen molar-refractivity contribution in [3.63, 3.8) is 0 Å². The van der Waals surface area contributed by atoms with Crippen molar-refractivity contribution in [2.24, 2.45) is 0 Å². The van der Waals surface area contributed by atoms with E-state index in [1.165, 1.54) is 12.1 Å². The molecule has 2 rings (SSSR count). The minimum absolute atomic E-state index is 0.0408. The lowest BCUT2D eigenvalue weighted by Crippen LogP contribution is -2.48. The molecular formula is C13H16IN3O3. The molecule has 1 amide bonds. The molecule has 0 aliphatic carbocycles. The van der Waals surface area contributed by atoms with E-state index in [2.05, 4.69) is 11.8 Å². The van der Waals surface area contributed by atoms with E-state index in [0.717, 1.165) is 23.2 Å². The number of nitro groups is 1. The van der Waals surface area contributed by atoms with Crippen LogP contribution in [0.5, 0.6) is 0 Å². The molecule has 1 aromatic carbocycles. The van der Waals surface area contributed by atoms with E-state index in [-0.39, 0.29) is 11.6 Å². The second kappa shape index (κ2) is 6.49. The molecule has 0 aromatic heterocycles. The standard InChI is InChI=1S/C13H16IN3O3/c1-2-15-5-7-16(8-6-15)13(18)11-9-10(17(19)20)3-4-12(11)14/h3-4,9H,2,5-8H2,1H3. The van der Waals surface area contributed by atoms with Crippen LogP contribution in [0.3, 0.4) is 0 Å².